The fourth-order valence-corrected chi connectivity index (χ4v) is 6.77. The average Bonchev–Trinajstić information content (AvgIpc) is 2.72. The molecule has 3 fully saturated rings. The highest BCUT2D eigenvalue weighted by Crippen LogP contribution is 2.53. The molecule has 4 heteroatoms. The Labute approximate surface area is 133 Å². The van der Waals surface area contributed by atoms with E-state index in [-0.39, 0.29) is 11.8 Å². The summed E-state index contributed by atoms with van der Waals surface area (Å²) >= 11 is 0. The SMILES string of the molecule is O=S(=O)(Cc1ccccc1)NC1CCC2CC3CC(C2)C1C3. The molecule has 3 bridgehead atoms. The van der Waals surface area contributed by atoms with Gasteiger partial charge >= 0.3 is 0 Å². The van der Waals surface area contributed by atoms with Crippen molar-refractivity contribution in [3.05, 3.63) is 35.9 Å². The molecular weight excluding hydrogens is 294 g/mol. The van der Waals surface area contributed by atoms with Crippen LogP contribution in [0.2, 0.25) is 0 Å². The van der Waals surface area contributed by atoms with Gasteiger partial charge in [-0.25, -0.2) is 13.1 Å². The summed E-state index contributed by atoms with van der Waals surface area (Å²) in [4.78, 5) is 0. The maximum Gasteiger partial charge on any atom is 0.216 e. The summed E-state index contributed by atoms with van der Waals surface area (Å²) in [6.07, 6.45) is 7.58. The van der Waals surface area contributed by atoms with E-state index in [9.17, 15) is 8.42 Å². The highest BCUT2D eigenvalue weighted by Gasteiger charge is 2.46. The fourth-order valence-electron chi connectivity index (χ4n) is 5.31. The third kappa shape index (κ3) is 2.95. The van der Waals surface area contributed by atoms with Crippen LogP contribution in [0.1, 0.15) is 44.1 Å². The van der Waals surface area contributed by atoms with Crippen LogP contribution in [-0.4, -0.2) is 14.5 Å². The summed E-state index contributed by atoms with van der Waals surface area (Å²) in [6.45, 7) is 0. The largest absolute Gasteiger partial charge is 0.216 e. The molecule has 0 radical (unpaired) electrons. The quantitative estimate of drug-likeness (QED) is 0.925. The van der Waals surface area contributed by atoms with Gasteiger partial charge in [-0.3, -0.25) is 0 Å². The minimum absolute atomic E-state index is 0.106. The van der Waals surface area contributed by atoms with Crippen LogP contribution in [0.4, 0.5) is 0 Å². The van der Waals surface area contributed by atoms with Gasteiger partial charge in [0.2, 0.25) is 10.0 Å². The monoisotopic (exact) mass is 319 g/mol. The highest BCUT2D eigenvalue weighted by molar-refractivity contribution is 7.88. The van der Waals surface area contributed by atoms with Crippen LogP contribution < -0.4 is 4.72 Å². The molecular formula is C18H25NO2S. The second-order valence-electron chi connectivity index (χ2n) is 7.65. The lowest BCUT2D eigenvalue weighted by molar-refractivity contribution is 0.254. The smallest absolute Gasteiger partial charge is 0.212 e. The Morgan fingerprint density at radius 1 is 0.955 bits per heavy atom. The fraction of sp³-hybridized carbons (Fsp3) is 0.667. The van der Waals surface area contributed by atoms with E-state index < -0.39 is 10.0 Å². The average molecular weight is 319 g/mol. The van der Waals surface area contributed by atoms with Gasteiger partial charge in [0, 0.05) is 6.04 Å². The van der Waals surface area contributed by atoms with E-state index in [4.69, 9.17) is 0 Å². The van der Waals surface area contributed by atoms with Crippen molar-refractivity contribution in [2.45, 2.75) is 50.3 Å². The lowest BCUT2D eigenvalue weighted by atomic mass is 9.80. The van der Waals surface area contributed by atoms with Gasteiger partial charge < -0.3 is 0 Å². The number of sulfonamides is 1. The standard InChI is InChI=1S/C18H25NO2S/c20-22(21,12-13-4-2-1-3-5-13)19-18-7-6-14-8-15-10-16(9-14)17(18)11-15/h1-5,14-19H,6-12H2. The van der Waals surface area contributed by atoms with Crippen molar-refractivity contribution >= 4 is 10.0 Å². The molecule has 0 saturated heterocycles. The molecule has 3 nitrogen and oxygen atoms in total. The lowest BCUT2D eigenvalue weighted by Gasteiger charge is -2.26. The van der Waals surface area contributed by atoms with Crippen molar-refractivity contribution < 1.29 is 8.42 Å². The molecule has 22 heavy (non-hydrogen) atoms. The molecule has 1 aromatic carbocycles. The van der Waals surface area contributed by atoms with Crippen LogP contribution in [0.15, 0.2) is 30.3 Å². The van der Waals surface area contributed by atoms with E-state index in [1.165, 1.54) is 32.1 Å². The Kier molecular flexibility index (Phi) is 3.77. The second kappa shape index (κ2) is 5.64. The molecule has 3 saturated carbocycles. The molecule has 3 aliphatic rings. The lowest BCUT2D eigenvalue weighted by Crippen LogP contribution is -2.41. The zero-order valence-electron chi connectivity index (χ0n) is 12.9. The molecule has 4 rings (SSSR count). The third-order valence-electron chi connectivity index (χ3n) is 6.08. The number of hydrogen-bond donors (Lipinski definition) is 1. The second-order valence-corrected chi connectivity index (χ2v) is 9.40. The Morgan fingerprint density at radius 2 is 1.73 bits per heavy atom. The summed E-state index contributed by atoms with van der Waals surface area (Å²) in [6, 6.07) is 9.67. The molecule has 0 heterocycles. The third-order valence-corrected chi connectivity index (χ3v) is 7.46. The summed E-state index contributed by atoms with van der Waals surface area (Å²) in [5, 5.41) is 0. The van der Waals surface area contributed by atoms with Crippen molar-refractivity contribution in [1.82, 2.24) is 4.72 Å². The van der Waals surface area contributed by atoms with Crippen LogP contribution in [0.25, 0.3) is 0 Å². The molecule has 5 atom stereocenters. The number of rotatable bonds is 4. The van der Waals surface area contributed by atoms with Crippen LogP contribution in [0.5, 0.6) is 0 Å². The molecule has 1 aromatic rings. The summed E-state index contributed by atoms with van der Waals surface area (Å²) in [5.74, 6) is 3.19. The van der Waals surface area contributed by atoms with E-state index in [1.807, 2.05) is 30.3 Å². The van der Waals surface area contributed by atoms with Crippen molar-refractivity contribution in [2.24, 2.45) is 23.7 Å². The molecule has 5 unspecified atom stereocenters. The number of fused-ring (bicyclic) bond motifs is 2. The van der Waals surface area contributed by atoms with Gasteiger partial charge in [0.1, 0.15) is 0 Å². The van der Waals surface area contributed by atoms with Crippen molar-refractivity contribution in [3.63, 3.8) is 0 Å². The van der Waals surface area contributed by atoms with E-state index in [0.29, 0.717) is 5.92 Å². The molecule has 1 N–H and O–H groups in total. The van der Waals surface area contributed by atoms with Crippen LogP contribution in [-0.2, 0) is 15.8 Å². The Bertz CT molecular complexity index is 628. The summed E-state index contributed by atoms with van der Waals surface area (Å²) < 4.78 is 28.2. The van der Waals surface area contributed by atoms with Crippen LogP contribution >= 0.6 is 0 Å². The molecule has 0 aliphatic heterocycles. The first-order valence-electron chi connectivity index (χ1n) is 8.63. The van der Waals surface area contributed by atoms with Gasteiger partial charge in [0.15, 0.2) is 0 Å². The first kappa shape index (κ1) is 14.7. The van der Waals surface area contributed by atoms with Crippen molar-refractivity contribution in [3.8, 4) is 0 Å². The molecule has 0 spiro atoms. The first-order valence-corrected chi connectivity index (χ1v) is 10.3. The Hall–Kier alpha value is -0.870. The van der Waals surface area contributed by atoms with Crippen molar-refractivity contribution in [2.75, 3.05) is 0 Å². The highest BCUT2D eigenvalue weighted by atomic mass is 32.2. The van der Waals surface area contributed by atoms with E-state index in [1.54, 1.807) is 0 Å². The minimum atomic E-state index is -3.24. The molecule has 0 amide bonds. The van der Waals surface area contributed by atoms with Crippen LogP contribution in [0, 0.1) is 23.7 Å². The van der Waals surface area contributed by atoms with Gasteiger partial charge in [-0.15, -0.1) is 0 Å². The molecule has 120 valence electrons. The maximum atomic E-state index is 12.6. The van der Waals surface area contributed by atoms with Gasteiger partial charge in [0.25, 0.3) is 0 Å². The molecule has 0 aromatic heterocycles. The van der Waals surface area contributed by atoms with Gasteiger partial charge in [0.05, 0.1) is 5.75 Å². The molecule has 3 aliphatic carbocycles. The number of nitrogens with one attached hydrogen (secondary N) is 1. The number of benzene rings is 1. The van der Waals surface area contributed by atoms with E-state index in [2.05, 4.69) is 4.72 Å². The Morgan fingerprint density at radius 3 is 2.55 bits per heavy atom. The van der Waals surface area contributed by atoms with Crippen molar-refractivity contribution in [1.29, 1.82) is 0 Å². The minimum Gasteiger partial charge on any atom is -0.212 e. The predicted molar refractivity (Wildman–Crippen MR) is 87.7 cm³/mol. The van der Waals surface area contributed by atoms with Crippen LogP contribution in [0.3, 0.4) is 0 Å². The first-order chi connectivity index (χ1) is 10.6. The summed E-state index contributed by atoms with van der Waals surface area (Å²) in [7, 11) is -3.24. The Balaban J connectivity index is 1.48. The van der Waals surface area contributed by atoms with Gasteiger partial charge in [-0.2, -0.15) is 0 Å². The van der Waals surface area contributed by atoms with Gasteiger partial charge in [-0.1, -0.05) is 30.3 Å². The van der Waals surface area contributed by atoms with Gasteiger partial charge in [-0.05, 0) is 67.8 Å². The number of hydrogen-bond acceptors (Lipinski definition) is 2. The predicted octanol–water partition coefficient (Wildman–Crippen LogP) is 3.32. The zero-order valence-corrected chi connectivity index (χ0v) is 13.8. The normalized spacial score (nSPS) is 37.2. The topological polar surface area (TPSA) is 46.2 Å². The zero-order chi connectivity index (χ0) is 15.2. The van der Waals surface area contributed by atoms with E-state index in [0.717, 1.165) is 29.7 Å². The maximum absolute atomic E-state index is 12.6. The van der Waals surface area contributed by atoms with E-state index >= 15 is 0 Å². The summed E-state index contributed by atoms with van der Waals surface area (Å²) in [5.41, 5.74) is 0.870.